The second-order valence-corrected chi connectivity index (χ2v) is 8.04. The van der Waals surface area contributed by atoms with Crippen molar-refractivity contribution in [3.8, 4) is 0 Å². The number of amides is 1. The van der Waals surface area contributed by atoms with Crippen LogP contribution in [-0.4, -0.2) is 52.2 Å². The molecule has 1 saturated heterocycles. The molecule has 0 bridgehead atoms. The van der Waals surface area contributed by atoms with E-state index in [0.29, 0.717) is 12.2 Å². The average molecular weight is 407 g/mol. The lowest BCUT2D eigenvalue weighted by Crippen LogP contribution is -2.53. The minimum Gasteiger partial charge on any atom is -0.373 e. The number of hydrogen-bond donors (Lipinski definition) is 1. The molecule has 2 heterocycles. The first kappa shape index (κ1) is 20.6. The maximum absolute atomic E-state index is 12.9. The Morgan fingerprint density at radius 3 is 2.83 bits per heavy atom. The van der Waals surface area contributed by atoms with Gasteiger partial charge in [-0.3, -0.25) is 9.69 Å². The molecule has 2 aromatic carbocycles. The van der Waals surface area contributed by atoms with E-state index in [1.165, 1.54) is 5.56 Å². The normalized spacial score (nSPS) is 18.4. The van der Waals surface area contributed by atoms with E-state index in [1.807, 2.05) is 42.8 Å². The summed E-state index contributed by atoms with van der Waals surface area (Å²) in [5.74, 6) is 0.860. The van der Waals surface area contributed by atoms with Gasteiger partial charge in [0.05, 0.1) is 29.8 Å². The summed E-state index contributed by atoms with van der Waals surface area (Å²) in [4.78, 5) is 19.9. The van der Waals surface area contributed by atoms with Gasteiger partial charge in [0.1, 0.15) is 5.82 Å². The number of morpholine rings is 1. The number of imidazole rings is 1. The van der Waals surface area contributed by atoms with Gasteiger partial charge in [-0.25, -0.2) is 4.98 Å². The molecule has 2 atom stereocenters. The Bertz CT molecular complexity index is 1010. The number of aryl methyl sites for hydroxylation is 2. The van der Waals surface area contributed by atoms with Gasteiger partial charge in [-0.15, -0.1) is 0 Å². The Hall–Kier alpha value is -2.70. The molecule has 0 unspecified atom stereocenters. The lowest BCUT2D eigenvalue weighted by atomic mass is 10.0. The molecule has 0 saturated carbocycles. The number of rotatable bonds is 6. The van der Waals surface area contributed by atoms with E-state index >= 15 is 0 Å². The zero-order valence-electron chi connectivity index (χ0n) is 18.0. The van der Waals surface area contributed by atoms with E-state index < -0.39 is 0 Å². The molecule has 0 aliphatic carbocycles. The van der Waals surface area contributed by atoms with Gasteiger partial charge >= 0.3 is 0 Å². The smallest absolute Gasteiger partial charge is 0.251 e. The largest absolute Gasteiger partial charge is 0.373 e. The van der Waals surface area contributed by atoms with Crippen LogP contribution in [0.2, 0.25) is 0 Å². The standard InChI is InChI=1S/C24H30N4O2/c1-4-20(23-16-28(12-13-30-23)15-18-8-6-5-7-9-18)26-24(29)19-10-11-22-21(14-19)25-17(2)27(22)3/h5-11,14,20,23H,4,12-13,15-16H2,1-3H3,(H,26,29)/t20-,23+/m1/s1. The van der Waals surface area contributed by atoms with Gasteiger partial charge in [0, 0.05) is 32.2 Å². The third kappa shape index (κ3) is 4.40. The van der Waals surface area contributed by atoms with Crippen LogP contribution in [0, 0.1) is 6.92 Å². The maximum atomic E-state index is 12.9. The Kier molecular flexibility index (Phi) is 6.16. The van der Waals surface area contributed by atoms with E-state index in [0.717, 1.165) is 42.9 Å². The molecule has 30 heavy (non-hydrogen) atoms. The fraction of sp³-hybridized carbons (Fsp3) is 0.417. The van der Waals surface area contributed by atoms with E-state index in [2.05, 4.69) is 46.4 Å². The summed E-state index contributed by atoms with van der Waals surface area (Å²) < 4.78 is 8.08. The molecule has 1 fully saturated rings. The predicted octanol–water partition coefficient (Wildman–Crippen LogP) is 3.29. The molecule has 1 aliphatic heterocycles. The first-order valence-corrected chi connectivity index (χ1v) is 10.7. The number of carbonyl (C=O) groups excluding carboxylic acids is 1. The molecule has 1 amide bonds. The van der Waals surface area contributed by atoms with Crippen molar-refractivity contribution in [3.05, 3.63) is 65.5 Å². The molecule has 3 aromatic rings. The van der Waals surface area contributed by atoms with Gasteiger partial charge in [-0.2, -0.15) is 0 Å². The fourth-order valence-electron chi connectivity index (χ4n) is 4.13. The van der Waals surface area contributed by atoms with Crippen LogP contribution in [0.4, 0.5) is 0 Å². The number of carbonyl (C=O) groups is 1. The van der Waals surface area contributed by atoms with Crippen LogP contribution >= 0.6 is 0 Å². The Morgan fingerprint density at radius 2 is 2.07 bits per heavy atom. The summed E-state index contributed by atoms with van der Waals surface area (Å²) in [6, 6.07) is 16.2. The number of fused-ring (bicyclic) bond motifs is 1. The molecule has 0 radical (unpaired) electrons. The minimum absolute atomic E-state index is 0.0164. The van der Waals surface area contributed by atoms with Crippen LogP contribution < -0.4 is 5.32 Å². The molecule has 1 aromatic heterocycles. The zero-order chi connectivity index (χ0) is 21.1. The Labute approximate surface area is 177 Å². The van der Waals surface area contributed by atoms with Crippen LogP contribution in [0.15, 0.2) is 48.5 Å². The monoisotopic (exact) mass is 406 g/mol. The predicted molar refractivity (Wildman–Crippen MR) is 118 cm³/mol. The SMILES string of the molecule is CC[C@@H](NC(=O)c1ccc2c(c1)nc(C)n2C)[C@@H]1CN(Cc2ccccc2)CCO1. The number of ether oxygens (including phenoxy) is 1. The molecule has 1 N–H and O–H groups in total. The zero-order valence-corrected chi connectivity index (χ0v) is 18.0. The highest BCUT2D eigenvalue weighted by molar-refractivity contribution is 5.97. The Balaban J connectivity index is 1.42. The highest BCUT2D eigenvalue weighted by Gasteiger charge is 2.28. The van der Waals surface area contributed by atoms with Gasteiger partial charge in [0.2, 0.25) is 0 Å². The van der Waals surface area contributed by atoms with Crippen LogP contribution in [-0.2, 0) is 18.3 Å². The van der Waals surface area contributed by atoms with Gasteiger partial charge in [0.15, 0.2) is 0 Å². The first-order valence-electron chi connectivity index (χ1n) is 10.7. The fourth-order valence-corrected chi connectivity index (χ4v) is 4.13. The summed E-state index contributed by atoms with van der Waals surface area (Å²) in [5.41, 5.74) is 3.81. The average Bonchev–Trinajstić information content (AvgIpc) is 3.05. The minimum atomic E-state index is -0.0733. The van der Waals surface area contributed by atoms with Crippen LogP contribution in [0.1, 0.15) is 35.1 Å². The van der Waals surface area contributed by atoms with Gasteiger partial charge in [0.25, 0.3) is 5.91 Å². The molecular formula is C24H30N4O2. The summed E-state index contributed by atoms with van der Waals surface area (Å²) in [6.45, 7) is 7.37. The van der Waals surface area contributed by atoms with Crippen LogP contribution in [0.25, 0.3) is 11.0 Å². The topological polar surface area (TPSA) is 59.4 Å². The van der Waals surface area contributed by atoms with Crippen LogP contribution in [0.5, 0.6) is 0 Å². The van der Waals surface area contributed by atoms with E-state index in [9.17, 15) is 4.79 Å². The lowest BCUT2D eigenvalue weighted by Gasteiger charge is -2.37. The number of nitrogens with zero attached hydrogens (tertiary/aromatic N) is 3. The molecular weight excluding hydrogens is 376 g/mol. The molecule has 6 nitrogen and oxygen atoms in total. The summed E-state index contributed by atoms with van der Waals surface area (Å²) in [5, 5.41) is 3.20. The number of hydrogen-bond acceptors (Lipinski definition) is 4. The second-order valence-electron chi connectivity index (χ2n) is 8.04. The summed E-state index contributed by atoms with van der Waals surface area (Å²) in [6.07, 6.45) is 0.804. The van der Waals surface area contributed by atoms with Gasteiger partial charge < -0.3 is 14.6 Å². The van der Waals surface area contributed by atoms with Crippen LogP contribution in [0.3, 0.4) is 0 Å². The van der Waals surface area contributed by atoms with E-state index in [4.69, 9.17) is 4.74 Å². The van der Waals surface area contributed by atoms with Crippen molar-refractivity contribution >= 4 is 16.9 Å². The lowest BCUT2D eigenvalue weighted by molar-refractivity contribution is -0.0483. The highest BCUT2D eigenvalue weighted by atomic mass is 16.5. The second kappa shape index (κ2) is 8.98. The van der Waals surface area contributed by atoms with Crippen molar-refractivity contribution in [2.45, 2.75) is 39.0 Å². The van der Waals surface area contributed by atoms with Gasteiger partial charge in [-0.05, 0) is 37.1 Å². The quantitative estimate of drug-likeness (QED) is 0.682. The highest BCUT2D eigenvalue weighted by Crippen LogP contribution is 2.18. The van der Waals surface area contributed by atoms with E-state index in [1.54, 1.807) is 0 Å². The molecule has 0 spiro atoms. The molecule has 1 aliphatic rings. The summed E-state index contributed by atoms with van der Waals surface area (Å²) >= 11 is 0. The molecule has 6 heteroatoms. The molecule has 4 rings (SSSR count). The summed E-state index contributed by atoms with van der Waals surface area (Å²) in [7, 11) is 1.99. The van der Waals surface area contributed by atoms with Gasteiger partial charge in [-0.1, -0.05) is 37.3 Å². The van der Waals surface area contributed by atoms with Crippen molar-refractivity contribution in [2.75, 3.05) is 19.7 Å². The number of benzene rings is 2. The molecule has 158 valence electrons. The third-order valence-corrected chi connectivity index (χ3v) is 6.00. The first-order chi connectivity index (χ1) is 14.5. The van der Waals surface area contributed by atoms with Crippen molar-refractivity contribution in [3.63, 3.8) is 0 Å². The van der Waals surface area contributed by atoms with Crippen molar-refractivity contribution in [1.82, 2.24) is 19.8 Å². The third-order valence-electron chi connectivity index (χ3n) is 6.00. The van der Waals surface area contributed by atoms with Crippen molar-refractivity contribution in [1.29, 1.82) is 0 Å². The maximum Gasteiger partial charge on any atom is 0.251 e. The van der Waals surface area contributed by atoms with E-state index in [-0.39, 0.29) is 18.1 Å². The number of aromatic nitrogens is 2. The van der Waals surface area contributed by atoms with Crippen molar-refractivity contribution in [2.24, 2.45) is 7.05 Å². The van der Waals surface area contributed by atoms with Crippen molar-refractivity contribution < 1.29 is 9.53 Å². The Morgan fingerprint density at radius 1 is 1.27 bits per heavy atom. The number of nitrogens with one attached hydrogen (secondary N) is 1.